The van der Waals surface area contributed by atoms with Crippen LogP contribution in [0.1, 0.15) is 93.0 Å². The van der Waals surface area contributed by atoms with Crippen LogP contribution in [0, 0.1) is 0 Å². The lowest BCUT2D eigenvalue weighted by molar-refractivity contribution is -0.129. The summed E-state index contributed by atoms with van der Waals surface area (Å²) in [6.45, 7) is 5.28. The van der Waals surface area contributed by atoms with Crippen molar-refractivity contribution in [3.8, 4) is 0 Å². The number of nitrogens with zero attached hydrogens (tertiary/aromatic N) is 1. The number of unbranched alkanes of at least 4 members (excludes halogenated alkanes) is 2. The van der Waals surface area contributed by atoms with Crippen molar-refractivity contribution in [3.05, 3.63) is 71.8 Å². The van der Waals surface area contributed by atoms with Crippen LogP contribution in [0.25, 0.3) is 0 Å². The van der Waals surface area contributed by atoms with E-state index in [1.807, 2.05) is 24.3 Å². The molecule has 1 saturated heterocycles. The van der Waals surface area contributed by atoms with Crippen molar-refractivity contribution in [1.29, 1.82) is 0 Å². The number of Topliss-reactive ketones (excluding diaryl/α,β-unsaturated/α-hetero) is 2. The Morgan fingerprint density at radius 3 is 2.33 bits per heavy atom. The number of nitrogens with one attached hydrogen (secondary N) is 2. The molecule has 40 heavy (non-hydrogen) atoms. The van der Waals surface area contributed by atoms with Gasteiger partial charge in [0.15, 0.2) is 5.78 Å². The second kappa shape index (κ2) is 17.4. The molecule has 1 unspecified atom stereocenters. The molecule has 1 heterocycles. The van der Waals surface area contributed by atoms with E-state index in [2.05, 4.69) is 46.7 Å². The van der Waals surface area contributed by atoms with Crippen LogP contribution in [0.2, 0.25) is 0 Å². The summed E-state index contributed by atoms with van der Waals surface area (Å²) in [6, 6.07) is 18.8. The van der Waals surface area contributed by atoms with Crippen LogP contribution >= 0.6 is 0 Å². The van der Waals surface area contributed by atoms with Crippen LogP contribution in [0.15, 0.2) is 60.7 Å². The first-order valence-corrected chi connectivity index (χ1v) is 14.9. The summed E-state index contributed by atoms with van der Waals surface area (Å²) in [6.07, 6.45) is 5.89. The molecular formula is C33H45N3O4. The molecule has 216 valence electrons. The smallest absolute Gasteiger partial charge is 0.242 e. The zero-order valence-electron chi connectivity index (χ0n) is 23.9. The maximum Gasteiger partial charge on any atom is 0.242 e. The van der Waals surface area contributed by atoms with Crippen molar-refractivity contribution >= 4 is 23.4 Å². The third-order valence-corrected chi connectivity index (χ3v) is 7.60. The van der Waals surface area contributed by atoms with E-state index in [9.17, 15) is 19.2 Å². The number of hydrogen-bond acceptors (Lipinski definition) is 5. The number of carbonyl (C=O) groups is 4. The van der Waals surface area contributed by atoms with E-state index in [0.29, 0.717) is 30.9 Å². The second-order valence-corrected chi connectivity index (χ2v) is 10.8. The first-order valence-electron chi connectivity index (χ1n) is 14.9. The molecule has 7 heteroatoms. The minimum absolute atomic E-state index is 0.00298. The number of benzene rings is 2. The Morgan fingerprint density at radius 2 is 1.60 bits per heavy atom. The molecule has 1 aliphatic heterocycles. The maximum atomic E-state index is 13.1. The van der Waals surface area contributed by atoms with E-state index in [4.69, 9.17) is 0 Å². The highest BCUT2D eigenvalue weighted by Crippen LogP contribution is 2.26. The molecule has 2 amide bonds. The highest BCUT2D eigenvalue weighted by molar-refractivity contribution is 5.96. The molecule has 1 fully saturated rings. The standard InChI is InChI=1S/C33H45N3O4/c1-2-3-6-16-29(37)19-20-30(35-32(39)18-11-17-31(38)27-14-9-5-10-15-27)33(40)34-22-24-36-23-21-28(25-36)26-12-7-4-8-13-26/h4-5,7-10,12-15,28,30H,2-3,6,11,16-25H2,1H3,(H,34,40)(H,35,39)/t28?,30-/m0/s1. The number of likely N-dealkylation sites (tertiary alicyclic amines) is 1. The van der Waals surface area contributed by atoms with E-state index in [1.165, 1.54) is 5.56 Å². The largest absolute Gasteiger partial charge is 0.353 e. The Hall–Kier alpha value is -3.32. The SMILES string of the molecule is CCCCCC(=O)CC[C@H](NC(=O)CCCC(=O)c1ccccc1)C(=O)NCCN1CCC(c2ccccc2)C1. The number of ketones is 2. The van der Waals surface area contributed by atoms with Crippen molar-refractivity contribution in [2.75, 3.05) is 26.2 Å². The van der Waals surface area contributed by atoms with Gasteiger partial charge in [-0.15, -0.1) is 0 Å². The zero-order chi connectivity index (χ0) is 28.6. The van der Waals surface area contributed by atoms with E-state index < -0.39 is 6.04 Å². The molecule has 0 spiro atoms. The average molecular weight is 548 g/mol. The van der Waals surface area contributed by atoms with Gasteiger partial charge in [-0.2, -0.15) is 0 Å². The fourth-order valence-electron chi connectivity index (χ4n) is 5.21. The molecule has 2 atom stereocenters. The zero-order valence-corrected chi connectivity index (χ0v) is 23.9. The van der Waals surface area contributed by atoms with E-state index in [1.54, 1.807) is 12.1 Å². The van der Waals surface area contributed by atoms with Crippen molar-refractivity contribution in [2.45, 2.75) is 83.1 Å². The molecule has 0 aliphatic carbocycles. The number of carbonyl (C=O) groups excluding carboxylic acids is 4. The Balaban J connectivity index is 1.45. The van der Waals surface area contributed by atoms with Crippen LogP contribution in [0.4, 0.5) is 0 Å². The number of rotatable bonds is 18. The minimum Gasteiger partial charge on any atom is -0.353 e. The van der Waals surface area contributed by atoms with Gasteiger partial charge in [0, 0.05) is 50.9 Å². The molecule has 7 nitrogen and oxygen atoms in total. The van der Waals surface area contributed by atoms with Gasteiger partial charge in [0.2, 0.25) is 11.8 Å². The first kappa shape index (κ1) is 31.2. The normalized spacial score (nSPS) is 15.9. The molecule has 0 aromatic heterocycles. The quantitative estimate of drug-likeness (QED) is 0.201. The molecule has 0 bridgehead atoms. The highest BCUT2D eigenvalue weighted by atomic mass is 16.2. The van der Waals surface area contributed by atoms with Gasteiger partial charge < -0.3 is 15.5 Å². The van der Waals surface area contributed by atoms with Crippen LogP contribution in [-0.4, -0.2) is 60.5 Å². The van der Waals surface area contributed by atoms with Gasteiger partial charge in [0.05, 0.1) is 0 Å². The molecule has 0 radical (unpaired) electrons. The fraction of sp³-hybridized carbons (Fsp3) is 0.515. The predicted molar refractivity (Wildman–Crippen MR) is 158 cm³/mol. The predicted octanol–water partition coefficient (Wildman–Crippen LogP) is 5.06. The Labute approximate surface area is 239 Å². The van der Waals surface area contributed by atoms with Crippen molar-refractivity contribution in [1.82, 2.24) is 15.5 Å². The van der Waals surface area contributed by atoms with E-state index in [0.717, 1.165) is 45.3 Å². The Morgan fingerprint density at radius 1 is 0.875 bits per heavy atom. The maximum absolute atomic E-state index is 13.1. The molecule has 2 aromatic carbocycles. The third-order valence-electron chi connectivity index (χ3n) is 7.60. The summed E-state index contributed by atoms with van der Waals surface area (Å²) < 4.78 is 0. The Bertz CT molecular complexity index is 1070. The van der Waals surface area contributed by atoms with Gasteiger partial charge in [-0.1, -0.05) is 80.4 Å². The van der Waals surface area contributed by atoms with Crippen molar-refractivity contribution < 1.29 is 19.2 Å². The van der Waals surface area contributed by atoms with Crippen molar-refractivity contribution in [2.24, 2.45) is 0 Å². The third kappa shape index (κ3) is 11.0. The molecule has 2 N–H and O–H groups in total. The second-order valence-electron chi connectivity index (χ2n) is 10.8. The summed E-state index contributed by atoms with van der Waals surface area (Å²) in [5.41, 5.74) is 1.99. The van der Waals surface area contributed by atoms with Crippen LogP contribution in [0.3, 0.4) is 0 Å². The van der Waals surface area contributed by atoms with Crippen molar-refractivity contribution in [3.63, 3.8) is 0 Å². The first-order chi connectivity index (χ1) is 19.5. The topological polar surface area (TPSA) is 95.6 Å². The van der Waals surface area contributed by atoms with E-state index in [-0.39, 0.29) is 49.1 Å². The summed E-state index contributed by atoms with van der Waals surface area (Å²) >= 11 is 0. The van der Waals surface area contributed by atoms with Crippen LogP contribution in [-0.2, 0) is 14.4 Å². The fourth-order valence-corrected chi connectivity index (χ4v) is 5.21. The van der Waals surface area contributed by atoms with Gasteiger partial charge in [-0.3, -0.25) is 19.2 Å². The summed E-state index contributed by atoms with van der Waals surface area (Å²) in [5.74, 6) is 0.102. The Kier molecular flexibility index (Phi) is 13.6. The molecule has 0 saturated carbocycles. The van der Waals surface area contributed by atoms with Crippen LogP contribution in [0.5, 0.6) is 0 Å². The van der Waals surface area contributed by atoms with Gasteiger partial charge in [0.1, 0.15) is 11.8 Å². The molecular weight excluding hydrogens is 502 g/mol. The summed E-state index contributed by atoms with van der Waals surface area (Å²) in [7, 11) is 0. The lowest BCUT2D eigenvalue weighted by atomic mass is 9.99. The number of hydrogen-bond donors (Lipinski definition) is 2. The lowest BCUT2D eigenvalue weighted by Gasteiger charge is -2.20. The summed E-state index contributed by atoms with van der Waals surface area (Å²) in [4.78, 5) is 52.8. The number of amides is 2. The molecule has 1 aliphatic rings. The van der Waals surface area contributed by atoms with Crippen LogP contribution < -0.4 is 10.6 Å². The van der Waals surface area contributed by atoms with Gasteiger partial charge in [-0.05, 0) is 43.7 Å². The lowest BCUT2D eigenvalue weighted by Crippen LogP contribution is -2.48. The molecule has 3 rings (SSSR count). The monoisotopic (exact) mass is 547 g/mol. The molecule has 2 aromatic rings. The van der Waals surface area contributed by atoms with Gasteiger partial charge in [0.25, 0.3) is 0 Å². The summed E-state index contributed by atoms with van der Waals surface area (Å²) in [5, 5.41) is 5.81. The average Bonchev–Trinajstić information content (AvgIpc) is 3.45. The highest BCUT2D eigenvalue weighted by Gasteiger charge is 2.25. The van der Waals surface area contributed by atoms with E-state index >= 15 is 0 Å². The minimum atomic E-state index is -0.761. The van der Waals surface area contributed by atoms with Gasteiger partial charge in [-0.25, -0.2) is 0 Å². The van der Waals surface area contributed by atoms with Gasteiger partial charge >= 0.3 is 0 Å².